The lowest BCUT2D eigenvalue weighted by molar-refractivity contribution is 0.143. The smallest absolute Gasteiger partial charge is 0.127 e. The second kappa shape index (κ2) is 6.18. The van der Waals surface area contributed by atoms with Crippen molar-refractivity contribution in [1.29, 1.82) is 0 Å². The van der Waals surface area contributed by atoms with Crippen LogP contribution in [0.15, 0.2) is 12.1 Å². The normalized spacial score (nSPS) is 21.7. The van der Waals surface area contributed by atoms with E-state index in [0.717, 1.165) is 30.3 Å². The van der Waals surface area contributed by atoms with Crippen LogP contribution in [0.5, 0.6) is 5.75 Å². The molecule has 1 aromatic carbocycles. The molecule has 1 aromatic rings. The summed E-state index contributed by atoms with van der Waals surface area (Å²) >= 11 is 6.37. The third-order valence-electron chi connectivity index (χ3n) is 5.19. The molecule has 1 unspecified atom stereocenters. The standard InChI is InChI=1S/C18H26ClNO/c1-3-20-17(18(2)8-5-4-6-9-18)15-12-14(19)11-13-7-10-21-16(13)15/h11-12,17,20H,3-10H2,1-2H3. The summed E-state index contributed by atoms with van der Waals surface area (Å²) in [5.74, 6) is 1.09. The number of halogens is 1. The van der Waals surface area contributed by atoms with E-state index in [0.29, 0.717) is 11.5 Å². The Kier molecular flexibility index (Phi) is 4.46. The van der Waals surface area contributed by atoms with Gasteiger partial charge >= 0.3 is 0 Å². The summed E-state index contributed by atoms with van der Waals surface area (Å²) in [5, 5.41) is 4.57. The van der Waals surface area contributed by atoms with Gasteiger partial charge in [-0.15, -0.1) is 0 Å². The zero-order chi connectivity index (χ0) is 14.9. The molecular formula is C18H26ClNO. The van der Waals surface area contributed by atoms with Crippen LogP contribution in [0.1, 0.15) is 63.1 Å². The van der Waals surface area contributed by atoms with Crippen LogP contribution in [0.2, 0.25) is 5.02 Å². The van der Waals surface area contributed by atoms with Gasteiger partial charge in [0.25, 0.3) is 0 Å². The van der Waals surface area contributed by atoms with E-state index < -0.39 is 0 Å². The van der Waals surface area contributed by atoms with Crippen LogP contribution in [0.3, 0.4) is 0 Å². The molecule has 1 aliphatic carbocycles. The van der Waals surface area contributed by atoms with Crippen LogP contribution in [-0.2, 0) is 6.42 Å². The molecule has 1 N–H and O–H groups in total. The topological polar surface area (TPSA) is 21.3 Å². The fourth-order valence-corrected chi connectivity index (χ4v) is 4.35. The molecule has 0 spiro atoms. The monoisotopic (exact) mass is 307 g/mol. The predicted octanol–water partition coefficient (Wildman–Crippen LogP) is 4.90. The molecule has 0 saturated heterocycles. The van der Waals surface area contributed by atoms with Gasteiger partial charge in [-0.05, 0) is 42.5 Å². The number of hydrogen-bond acceptors (Lipinski definition) is 2. The van der Waals surface area contributed by atoms with Gasteiger partial charge in [-0.1, -0.05) is 44.7 Å². The Morgan fingerprint density at radius 1 is 1.29 bits per heavy atom. The van der Waals surface area contributed by atoms with Crippen molar-refractivity contribution in [2.24, 2.45) is 5.41 Å². The summed E-state index contributed by atoms with van der Waals surface area (Å²) in [4.78, 5) is 0. The van der Waals surface area contributed by atoms with Crippen molar-refractivity contribution in [2.45, 2.75) is 58.4 Å². The van der Waals surface area contributed by atoms with Gasteiger partial charge in [-0.25, -0.2) is 0 Å². The molecule has 1 atom stereocenters. The van der Waals surface area contributed by atoms with Gasteiger partial charge in [-0.2, -0.15) is 0 Å². The Labute approximate surface area is 133 Å². The molecular weight excluding hydrogens is 282 g/mol. The molecule has 1 saturated carbocycles. The van der Waals surface area contributed by atoms with Crippen LogP contribution in [0.25, 0.3) is 0 Å². The van der Waals surface area contributed by atoms with Gasteiger partial charge in [0, 0.05) is 23.0 Å². The van der Waals surface area contributed by atoms with Crippen molar-refractivity contribution in [3.05, 3.63) is 28.3 Å². The highest BCUT2D eigenvalue weighted by Gasteiger charge is 2.38. The first-order valence-electron chi connectivity index (χ1n) is 8.32. The van der Waals surface area contributed by atoms with Gasteiger partial charge < -0.3 is 10.1 Å². The average molecular weight is 308 g/mol. The van der Waals surface area contributed by atoms with Gasteiger partial charge in [0.15, 0.2) is 0 Å². The lowest BCUT2D eigenvalue weighted by Crippen LogP contribution is -2.38. The van der Waals surface area contributed by atoms with Crippen LogP contribution < -0.4 is 10.1 Å². The molecule has 3 heteroatoms. The highest BCUT2D eigenvalue weighted by Crippen LogP contribution is 2.49. The molecule has 21 heavy (non-hydrogen) atoms. The Morgan fingerprint density at radius 2 is 2.05 bits per heavy atom. The molecule has 1 fully saturated rings. The van der Waals surface area contributed by atoms with E-state index in [4.69, 9.17) is 16.3 Å². The Morgan fingerprint density at radius 3 is 2.76 bits per heavy atom. The summed E-state index contributed by atoms with van der Waals surface area (Å²) in [6, 6.07) is 4.53. The minimum Gasteiger partial charge on any atom is -0.493 e. The van der Waals surface area contributed by atoms with Crippen LogP contribution >= 0.6 is 11.6 Å². The zero-order valence-electron chi connectivity index (χ0n) is 13.2. The molecule has 0 amide bonds. The largest absolute Gasteiger partial charge is 0.493 e. The summed E-state index contributed by atoms with van der Waals surface area (Å²) in [6.07, 6.45) is 7.60. The molecule has 0 radical (unpaired) electrons. The fourth-order valence-electron chi connectivity index (χ4n) is 4.10. The predicted molar refractivity (Wildman–Crippen MR) is 88.3 cm³/mol. The fraction of sp³-hybridized carbons (Fsp3) is 0.667. The number of fused-ring (bicyclic) bond motifs is 1. The number of rotatable bonds is 4. The van der Waals surface area contributed by atoms with Crippen LogP contribution in [0, 0.1) is 5.41 Å². The van der Waals surface area contributed by atoms with Crippen molar-refractivity contribution < 1.29 is 4.74 Å². The SMILES string of the molecule is CCNC(c1cc(Cl)cc2c1OCC2)C1(C)CCCCC1. The van der Waals surface area contributed by atoms with E-state index in [1.54, 1.807) is 0 Å². The third kappa shape index (κ3) is 2.93. The van der Waals surface area contributed by atoms with E-state index >= 15 is 0 Å². The number of hydrogen-bond donors (Lipinski definition) is 1. The maximum atomic E-state index is 6.37. The Balaban J connectivity index is 2.01. The summed E-state index contributed by atoms with van der Waals surface area (Å²) in [7, 11) is 0. The maximum absolute atomic E-state index is 6.37. The molecule has 2 nitrogen and oxygen atoms in total. The van der Waals surface area contributed by atoms with Crippen LogP contribution in [-0.4, -0.2) is 13.2 Å². The highest BCUT2D eigenvalue weighted by molar-refractivity contribution is 6.30. The molecule has 0 aromatic heterocycles. The van der Waals surface area contributed by atoms with Gasteiger partial charge in [0.2, 0.25) is 0 Å². The second-order valence-corrected chi connectivity index (χ2v) is 7.22. The Bertz CT molecular complexity index is 508. The van der Waals surface area contributed by atoms with Gasteiger partial charge in [0.1, 0.15) is 5.75 Å². The van der Waals surface area contributed by atoms with Crippen LogP contribution in [0.4, 0.5) is 0 Å². The van der Waals surface area contributed by atoms with E-state index in [-0.39, 0.29) is 0 Å². The lowest BCUT2D eigenvalue weighted by atomic mass is 9.68. The lowest BCUT2D eigenvalue weighted by Gasteiger charge is -2.42. The molecule has 1 heterocycles. The van der Waals surface area contributed by atoms with E-state index in [1.165, 1.54) is 43.2 Å². The average Bonchev–Trinajstić information content (AvgIpc) is 2.93. The maximum Gasteiger partial charge on any atom is 0.127 e. The summed E-state index contributed by atoms with van der Waals surface area (Å²) < 4.78 is 5.95. The quantitative estimate of drug-likeness (QED) is 0.854. The van der Waals surface area contributed by atoms with Gasteiger partial charge in [0.05, 0.1) is 6.61 Å². The molecule has 1 aliphatic heterocycles. The van der Waals surface area contributed by atoms with E-state index in [9.17, 15) is 0 Å². The first-order valence-corrected chi connectivity index (χ1v) is 8.70. The first kappa shape index (κ1) is 15.2. The first-order chi connectivity index (χ1) is 10.1. The molecule has 116 valence electrons. The zero-order valence-corrected chi connectivity index (χ0v) is 13.9. The highest BCUT2D eigenvalue weighted by atomic mass is 35.5. The third-order valence-corrected chi connectivity index (χ3v) is 5.41. The van der Waals surface area contributed by atoms with Gasteiger partial charge in [-0.3, -0.25) is 0 Å². The number of benzene rings is 1. The van der Waals surface area contributed by atoms with E-state index in [1.807, 2.05) is 0 Å². The van der Waals surface area contributed by atoms with Crippen molar-refractivity contribution in [3.8, 4) is 5.75 Å². The molecule has 3 rings (SSSR count). The van der Waals surface area contributed by atoms with Crippen molar-refractivity contribution >= 4 is 11.6 Å². The Hall–Kier alpha value is -0.730. The van der Waals surface area contributed by atoms with Crippen molar-refractivity contribution in [1.82, 2.24) is 5.32 Å². The molecule has 2 aliphatic rings. The summed E-state index contributed by atoms with van der Waals surface area (Å²) in [5.41, 5.74) is 2.86. The summed E-state index contributed by atoms with van der Waals surface area (Å²) in [6.45, 7) is 6.38. The van der Waals surface area contributed by atoms with Crippen molar-refractivity contribution in [2.75, 3.05) is 13.2 Å². The number of nitrogens with one attached hydrogen (secondary N) is 1. The number of ether oxygens (including phenoxy) is 1. The van der Waals surface area contributed by atoms with Crippen molar-refractivity contribution in [3.63, 3.8) is 0 Å². The van der Waals surface area contributed by atoms with E-state index in [2.05, 4.69) is 31.3 Å². The molecule has 0 bridgehead atoms. The minimum absolute atomic E-state index is 0.304. The minimum atomic E-state index is 0.304. The second-order valence-electron chi connectivity index (χ2n) is 6.79.